The number of carbonyl (C=O) groups excluding carboxylic acids is 1. The Bertz CT molecular complexity index is 488. The van der Waals surface area contributed by atoms with E-state index in [4.69, 9.17) is 4.74 Å². The lowest BCUT2D eigenvalue weighted by molar-refractivity contribution is -0.124. The van der Waals surface area contributed by atoms with E-state index in [9.17, 15) is 9.90 Å². The minimum atomic E-state index is -0.392. The van der Waals surface area contributed by atoms with Crippen molar-refractivity contribution in [2.24, 2.45) is 0 Å². The molecule has 0 aliphatic carbocycles. The second-order valence-corrected chi connectivity index (χ2v) is 6.30. The number of ether oxygens (including phenoxy) is 1. The van der Waals surface area contributed by atoms with E-state index in [-0.39, 0.29) is 11.9 Å². The zero-order valence-electron chi connectivity index (χ0n) is 14.1. The summed E-state index contributed by atoms with van der Waals surface area (Å²) in [6, 6.07) is 8.14. The SMILES string of the molecule is COCc1ccc(CNC(=O)CN2CCCCC2C(C)O)cc1. The van der Waals surface area contributed by atoms with Gasteiger partial charge in [0.25, 0.3) is 0 Å². The molecule has 2 rings (SSSR count). The minimum absolute atomic E-state index is 0.0125. The molecule has 5 nitrogen and oxygen atoms in total. The topological polar surface area (TPSA) is 61.8 Å². The molecule has 1 heterocycles. The van der Waals surface area contributed by atoms with Crippen molar-refractivity contribution in [3.8, 4) is 0 Å². The molecule has 2 atom stereocenters. The number of benzene rings is 1. The molecule has 5 heteroatoms. The van der Waals surface area contributed by atoms with E-state index in [1.54, 1.807) is 7.11 Å². The molecule has 1 aliphatic heterocycles. The zero-order valence-corrected chi connectivity index (χ0v) is 14.1. The van der Waals surface area contributed by atoms with Crippen molar-refractivity contribution in [1.82, 2.24) is 10.2 Å². The van der Waals surface area contributed by atoms with Crippen LogP contribution in [0.3, 0.4) is 0 Å². The van der Waals surface area contributed by atoms with Crippen molar-refractivity contribution in [2.45, 2.75) is 51.5 Å². The summed E-state index contributed by atoms with van der Waals surface area (Å²) in [4.78, 5) is 14.3. The van der Waals surface area contributed by atoms with Crippen LogP contribution in [0.15, 0.2) is 24.3 Å². The predicted octanol–water partition coefficient (Wildman–Crippen LogP) is 1.68. The largest absolute Gasteiger partial charge is 0.392 e. The molecule has 0 saturated carbocycles. The number of carbonyl (C=O) groups is 1. The van der Waals surface area contributed by atoms with Gasteiger partial charge < -0.3 is 15.2 Å². The highest BCUT2D eigenvalue weighted by atomic mass is 16.5. The van der Waals surface area contributed by atoms with Crippen LogP contribution in [0.2, 0.25) is 0 Å². The third-order valence-electron chi connectivity index (χ3n) is 4.39. The molecular weight excluding hydrogens is 292 g/mol. The third-order valence-corrected chi connectivity index (χ3v) is 4.39. The van der Waals surface area contributed by atoms with E-state index in [2.05, 4.69) is 10.2 Å². The summed E-state index contributed by atoms with van der Waals surface area (Å²) in [7, 11) is 1.68. The lowest BCUT2D eigenvalue weighted by atomic mass is 9.98. The van der Waals surface area contributed by atoms with E-state index in [0.717, 1.165) is 36.9 Å². The Hall–Kier alpha value is -1.43. The summed E-state index contributed by atoms with van der Waals surface area (Å²) in [6.07, 6.45) is 2.79. The number of likely N-dealkylation sites (tertiary alicyclic amines) is 1. The molecular formula is C18H28N2O3. The molecule has 1 amide bonds. The Morgan fingerprint density at radius 3 is 2.70 bits per heavy atom. The number of methoxy groups -OCH3 is 1. The molecule has 1 aromatic rings. The molecule has 0 aromatic heterocycles. The van der Waals surface area contributed by atoms with Gasteiger partial charge in [0.15, 0.2) is 0 Å². The van der Waals surface area contributed by atoms with Gasteiger partial charge in [0.1, 0.15) is 0 Å². The molecule has 1 saturated heterocycles. The van der Waals surface area contributed by atoms with Gasteiger partial charge in [-0.25, -0.2) is 0 Å². The highest BCUT2D eigenvalue weighted by Gasteiger charge is 2.27. The van der Waals surface area contributed by atoms with Crippen LogP contribution in [0, 0.1) is 0 Å². The molecule has 2 unspecified atom stereocenters. The summed E-state index contributed by atoms with van der Waals surface area (Å²) in [5.74, 6) is 0.0125. The Kier molecular flexibility index (Phi) is 7.02. The highest BCUT2D eigenvalue weighted by Crippen LogP contribution is 2.19. The standard InChI is InChI=1S/C18H28N2O3/c1-14(21)17-5-3-4-10-20(17)12-18(22)19-11-15-6-8-16(9-7-15)13-23-2/h6-9,14,17,21H,3-5,10-13H2,1-2H3,(H,19,22). The monoisotopic (exact) mass is 320 g/mol. The van der Waals surface area contributed by atoms with Gasteiger partial charge in [-0.3, -0.25) is 9.69 Å². The van der Waals surface area contributed by atoms with Gasteiger partial charge in [-0.1, -0.05) is 30.7 Å². The van der Waals surface area contributed by atoms with Crippen molar-refractivity contribution in [1.29, 1.82) is 0 Å². The summed E-state index contributed by atoms with van der Waals surface area (Å²) in [6.45, 7) is 4.18. The van der Waals surface area contributed by atoms with Crippen molar-refractivity contribution < 1.29 is 14.6 Å². The van der Waals surface area contributed by atoms with Gasteiger partial charge in [0, 0.05) is 19.7 Å². The van der Waals surface area contributed by atoms with Gasteiger partial charge in [0.2, 0.25) is 5.91 Å². The molecule has 128 valence electrons. The number of hydrogen-bond acceptors (Lipinski definition) is 4. The van der Waals surface area contributed by atoms with Gasteiger partial charge in [-0.15, -0.1) is 0 Å². The van der Waals surface area contributed by atoms with Crippen molar-refractivity contribution in [3.63, 3.8) is 0 Å². The maximum absolute atomic E-state index is 12.2. The van der Waals surface area contributed by atoms with Crippen molar-refractivity contribution >= 4 is 5.91 Å². The molecule has 1 aromatic carbocycles. The number of nitrogens with zero attached hydrogens (tertiary/aromatic N) is 1. The van der Waals surface area contributed by atoms with E-state index < -0.39 is 6.10 Å². The molecule has 2 N–H and O–H groups in total. The number of nitrogens with one attached hydrogen (secondary N) is 1. The maximum Gasteiger partial charge on any atom is 0.234 e. The van der Waals surface area contributed by atoms with Gasteiger partial charge >= 0.3 is 0 Å². The second kappa shape index (κ2) is 9.01. The van der Waals surface area contributed by atoms with E-state index >= 15 is 0 Å². The van der Waals surface area contributed by atoms with Crippen LogP contribution in [0.4, 0.5) is 0 Å². The summed E-state index contributed by atoms with van der Waals surface area (Å²) < 4.78 is 5.08. The first-order valence-electron chi connectivity index (χ1n) is 8.35. The number of aliphatic hydroxyl groups is 1. The van der Waals surface area contributed by atoms with Crippen LogP contribution < -0.4 is 5.32 Å². The Labute approximate surface area is 138 Å². The van der Waals surface area contributed by atoms with E-state index in [1.807, 2.05) is 31.2 Å². The first-order chi connectivity index (χ1) is 11.1. The molecule has 1 fully saturated rings. The Morgan fingerprint density at radius 2 is 2.04 bits per heavy atom. The number of piperidine rings is 1. The Balaban J connectivity index is 1.79. The Morgan fingerprint density at radius 1 is 1.35 bits per heavy atom. The fourth-order valence-corrected chi connectivity index (χ4v) is 3.12. The fourth-order valence-electron chi connectivity index (χ4n) is 3.12. The molecule has 0 spiro atoms. The third kappa shape index (κ3) is 5.61. The predicted molar refractivity (Wildman–Crippen MR) is 89.9 cm³/mol. The number of rotatable bonds is 7. The molecule has 0 radical (unpaired) electrons. The molecule has 23 heavy (non-hydrogen) atoms. The second-order valence-electron chi connectivity index (χ2n) is 6.30. The average Bonchev–Trinajstić information content (AvgIpc) is 2.55. The highest BCUT2D eigenvalue weighted by molar-refractivity contribution is 5.78. The summed E-state index contributed by atoms with van der Waals surface area (Å²) >= 11 is 0. The normalized spacial score (nSPS) is 20.2. The van der Waals surface area contributed by atoms with Crippen molar-refractivity contribution in [3.05, 3.63) is 35.4 Å². The maximum atomic E-state index is 12.2. The number of amides is 1. The van der Waals surface area contributed by atoms with E-state index in [1.165, 1.54) is 0 Å². The van der Waals surface area contributed by atoms with Crippen molar-refractivity contribution in [2.75, 3.05) is 20.2 Å². The van der Waals surface area contributed by atoms with Crippen LogP contribution >= 0.6 is 0 Å². The lowest BCUT2D eigenvalue weighted by Gasteiger charge is -2.36. The zero-order chi connectivity index (χ0) is 16.7. The first-order valence-corrected chi connectivity index (χ1v) is 8.35. The molecule has 0 bridgehead atoms. The van der Waals surface area contributed by atoms with Gasteiger partial charge in [-0.2, -0.15) is 0 Å². The molecule has 1 aliphatic rings. The van der Waals surface area contributed by atoms with Crippen LogP contribution in [-0.2, 0) is 22.7 Å². The van der Waals surface area contributed by atoms with Gasteiger partial charge in [-0.05, 0) is 37.4 Å². The number of hydrogen-bond donors (Lipinski definition) is 2. The summed E-state index contributed by atoms with van der Waals surface area (Å²) in [5.41, 5.74) is 2.19. The first kappa shape index (κ1) is 17.9. The average molecular weight is 320 g/mol. The van der Waals surface area contributed by atoms with Crippen LogP contribution in [0.1, 0.15) is 37.3 Å². The fraction of sp³-hybridized carbons (Fsp3) is 0.611. The van der Waals surface area contributed by atoms with Crippen LogP contribution in [-0.4, -0.2) is 48.3 Å². The minimum Gasteiger partial charge on any atom is -0.392 e. The quantitative estimate of drug-likeness (QED) is 0.802. The smallest absolute Gasteiger partial charge is 0.234 e. The summed E-state index contributed by atoms with van der Waals surface area (Å²) in [5, 5.41) is 12.8. The van der Waals surface area contributed by atoms with E-state index in [0.29, 0.717) is 19.7 Å². The number of aliphatic hydroxyl groups excluding tert-OH is 1. The lowest BCUT2D eigenvalue weighted by Crippen LogP contribution is -2.49. The van der Waals surface area contributed by atoms with Crippen LogP contribution in [0.25, 0.3) is 0 Å². The van der Waals surface area contributed by atoms with Crippen LogP contribution in [0.5, 0.6) is 0 Å². The van der Waals surface area contributed by atoms with Gasteiger partial charge in [0.05, 0.1) is 19.3 Å².